The molecular weight excluding hydrogens is 410 g/mol. The van der Waals surface area contributed by atoms with Gasteiger partial charge in [-0.3, -0.25) is 14.9 Å². The molecule has 1 aromatic carbocycles. The summed E-state index contributed by atoms with van der Waals surface area (Å²) in [7, 11) is 0. The number of nitro groups is 1. The zero-order valence-electron chi connectivity index (χ0n) is 19.6. The maximum absolute atomic E-state index is 11.2. The quantitative estimate of drug-likeness (QED) is 0.0870. The molecule has 7 heteroatoms. The molecule has 32 heavy (non-hydrogen) atoms. The third-order valence-corrected chi connectivity index (χ3v) is 6.11. The highest BCUT2D eigenvalue weighted by molar-refractivity contribution is 5.66. The number of carboxylic acids is 1. The van der Waals surface area contributed by atoms with Crippen molar-refractivity contribution in [2.75, 3.05) is 0 Å². The molecule has 0 aliphatic rings. The van der Waals surface area contributed by atoms with Gasteiger partial charge < -0.3 is 15.3 Å². The van der Waals surface area contributed by atoms with E-state index >= 15 is 0 Å². The van der Waals surface area contributed by atoms with Gasteiger partial charge in [-0.05, 0) is 36.8 Å². The van der Waals surface area contributed by atoms with Crippen molar-refractivity contribution >= 4 is 11.7 Å². The number of aromatic hydroxyl groups is 2. The molecule has 0 aliphatic heterocycles. The van der Waals surface area contributed by atoms with Gasteiger partial charge in [-0.1, -0.05) is 84.0 Å². The first-order valence-corrected chi connectivity index (χ1v) is 12.3. The number of aliphatic carboxylic acids is 1. The van der Waals surface area contributed by atoms with Gasteiger partial charge in [0, 0.05) is 12.5 Å². The first kappa shape index (κ1) is 27.7. The molecule has 1 atom stereocenters. The SMILES string of the molecule is CCCCCCCCCCCCCCC(CCCC(=O)O)c1cc(O)c(O)c([N+](=O)[O-])c1. The van der Waals surface area contributed by atoms with Crippen LogP contribution in [0.4, 0.5) is 5.69 Å². The smallest absolute Gasteiger partial charge is 0.314 e. The molecule has 0 saturated carbocycles. The number of phenolic OH excluding ortho intramolecular Hbond substituents is 2. The predicted octanol–water partition coefficient (Wildman–Crippen LogP) is 7.44. The van der Waals surface area contributed by atoms with E-state index in [4.69, 9.17) is 5.11 Å². The van der Waals surface area contributed by atoms with Crippen molar-refractivity contribution in [3.63, 3.8) is 0 Å². The summed E-state index contributed by atoms with van der Waals surface area (Å²) in [5.41, 5.74) is 0.0680. The van der Waals surface area contributed by atoms with Crippen LogP contribution >= 0.6 is 0 Å². The van der Waals surface area contributed by atoms with Gasteiger partial charge in [0.1, 0.15) is 0 Å². The largest absolute Gasteiger partial charge is 0.504 e. The lowest BCUT2D eigenvalue weighted by atomic mass is 9.88. The molecule has 0 heterocycles. The third kappa shape index (κ3) is 11.3. The van der Waals surface area contributed by atoms with Crippen molar-refractivity contribution in [2.45, 2.75) is 116 Å². The average molecular weight is 452 g/mol. The van der Waals surface area contributed by atoms with Crippen LogP contribution < -0.4 is 0 Å². The van der Waals surface area contributed by atoms with E-state index in [2.05, 4.69) is 6.92 Å². The van der Waals surface area contributed by atoms with Crippen LogP contribution in [0.1, 0.15) is 121 Å². The topological polar surface area (TPSA) is 121 Å². The molecule has 0 spiro atoms. The Hall–Kier alpha value is -2.31. The van der Waals surface area contributed by atoms with Crippen LogP contribution in [0.15, 0.2) is 12.1 Å². The number of rotatable bonds is 19. The summed E-state index contributed by atoms with van der Waals surface area (Å²) in [6.07, 6.45) is 16.8. The van der Waals surface area contributed by atoms with E-state index in [0.717, 1.165) is 25.7 Å². The molecule has 0 amide bonds. The highest BCUT2D eigenvalue weighted by Crippen LogP contribution is 2.40. The van der Waals surface area contributed by atoms with Crippen molar-refractivity contribution < 1.29 is 25.0 Å². The summed E-state index contributed by atoms with van der Waals surface area (Å²) in [5.74, 6) is -2.18. The molecule has 0 aliphatic carbocycles. The number of hydrogen-bond acceptors (Lipinski definition) is 5. The summed E-state index contributed by atoms with van der Waals surface area (Å²) in [6.45, 7) is 2.23. The van der Waals surface area contributed by atoms with Gasteiger partial charge in [0.15, 0.2) is 5.75 Å². The Balaban J connectivity index is 2.45. The minimum atomic E-state index is -0.867. The molecule has 0 fully saturated rings. The Labute approximate surface area is 192 Å². The number of carboxylic acid groups (broad SMARTS) is 1. The molecule has 0 radical (unpaired) electrons. The van der Waals surface area contributed by atoms with E-state index in [1.165, 1.54) is 69.9 Å². The van der Waals surface area contributed by atoms with Gasteiger partial charge in [0.05, 0.1) is 4.92 Å². The maximum Gasteiger partial charge on any atom is 0.314 e. The molecule has 1 unspecified atom stereocenters. The molecule has 3 N–H and O–H groups in total. The fraction of sp³-hybridized carbons (Fsp3) is 0.720. The Kier molecular flexibility index (Phi) is 14.2. The van der Waals surface area contributed by atoms with Crippen LogP contribution in [0.2, 0.25) is 0 Å². The Morgan fingerprint density at radius 3 is 1.88 bits per heavy atom. The van der Waals surface area contributed by atoms with Gasteiger partial charge in [0.2, 0.25) is 5.75 Å². The van der Waals surface area contributed by atoms with E-state index in [1.54, 1.807) is 0 Å². The Morgan fingerprint density at radius 2 is 1.38 bits per heavy atom. The van der Waals surface area contributed by atoms with Crippen LogP contribution in [0.3, 0.4) is 0 Å². The molecule has 0 bridgehead atoms. The van der Waals surface area contributed by atoms with E-state index < -0.39 is 28.1 Å². The van der Waals surface area contributed by atoms with Gasteiger partial charge in [-0.25, -0.2) is 0 Å². The van der Waals surface area contributed by atoms with Crippen LogP contribution in [0.25, 0.3) is 0 Å². The number of nitrogens with zero attached hydrogens (tertiary/aromatic N) is 1. The third-order valence-electron chi connectivity index (χ3n) is 6.11. The van der Waals surface area contributed by atoms with Crippen LogP contribution in [0, 0.1) is 10.1 Å². The van der Waals surface area contributed by atoms with E-state index in [-0.39, 0.29) is 12.3 Å². The standard InChI is InChI=1S/C25H41NO6/c1-2-3-4-5-6-7-8-9-10-11-12-13-15-20(16-14-17-24(28)29)21-18-22(26(31)32)25(30)23(27)19-21/h18-20,27,30H,2-17H2,1H3,(H,28,29). The minimum absolute atomic E-state index is 0.0428. The monoisotopic (exact) mass is 451 g/mol. The van der Waals surface area contributed by atoms with Crippen molar-refractivity contribution in [2.24, 2.45) is 0 Å². The predicted molar refractivity (Wildman–Crippen MR) is 126 cm³/mol. The molecule has 182 valence electrons. The zero-order chi connectivity index (χ0) is 23.8. The number of hydrogen-bond donors (Lipinski definition) is 3. The number of carbonyl (C=O) groups is 1. The summed E-state index contributed by atoms with van der Waals surface area (Å²) < 4.78 is 0. The molecule has 0 saturated heterocycles. The maximum atomic E-state index is 11.2. The second-order valence-corrected chi connectivity index (χ2v) is 8.83. The van der Waals surface area contributed by atoms with Crippen LogP contribution in [0.5, 0.6) is 11.5 Å². The van der Waals surface area contributed by atoms with Gasteiger partial charge >= 0.3 is 11.7 Å². The lowest BCUT2D eigenvalue weighted by molar-refractivity contribution is -0.386. The highest BCUT2D eigenvalue weighted by atomic mass is 16.6. The fourth-order valence-electron chi connectivity index (χ4n) is 4.21. The van der Waals surface area contributed by atoms with Crippen molar-refractivity contribution in [3.05, 3.63) is 27.8 Å². The molecule has 7 nitrogen and oxygen atoms in total. The van der Waals surface area contributed by atoms with Crippen LogP contribution in [-0.2, 0) is 4.79 Å². The van der Waals surface area contributed by atoms with Crippen molar-refractivity contribution in [1.82, 2.24) is 0 Å². The minimum Gasteiger partial charge on any atom is -0.504 e. The average Bonchev–Trinajstić information content (AvgIpc) is 2.74. The molecule has 0 aromatic heterocycles. The molecule has 1 rings (SSSR count). The number of benzene rings is 1. The lowest BCUT2D eigenvalue weighted by Crippen LogP contribution is -2.03. The second-order valence-electron chi connectivity index (χ2n) is 8.83. The number of nitro benzene ring substituents is 1. The Morgan fingerprint density at radius 1 is 0.875 bits per heavy atom. The first-order chi connectivity index (χ1) is 15.4. The van der Waals surface area contributed by atoms with Crippen LogP contribution in [-0.4, -0.2) is 26.2 Å². The van der Waals surface area contributed by atoms with E-state index in [9.17, 15) is 25.1 Å². The first-order valence-electron chi connectivity index (χ1n) is 12.3. The molecular formula is C25H41NO6. The number of phenols is 2. The summed E-state index contributed by atoms with van der Waals surface area (Å²) in [4.78, 5) is 21.3. The molecule has 1 aromatic rings. The highest BCUT2D eigenvalue weighted by Gasteiger charge is 2.22. The summed E-state index contributed by atoms with van der Waals surface area (Å²) >= 11 is 0. The normalized spacial score (nSPS) is 12.0. The lowest BCUT2D eigenvalue weighted by Gasteiger charge is -2.18. The van der Waals surface area contributed by atoms with E-state index in [1.807, 2.05) is 0 Å². The van der Waals surface area contributed by atoms with Crippen molar-refractivity contribution in [1.29, 1.82) is 0 Å². The fourth-order valence-corrected chi connectivity index (χ4v) is 4.21. The Bertz CT molecular complexity index is 691. The summed E-state index contributed by atoms with van der Waals surface area (Å²) in [6, 6.07) is 2.68. The number of unbranched alkanes of at least 4 members (excludes halogenated alkanes) is 11. The van der Waals surface area contributed by atoms with Gasteiger partial charge in [0.25, 0.3) is 0 Å². The van der Waals surface area contributed by atoms with Gasteiger partial charge in [-0.15, -0.1) is 0 Å². The van der Waals surface area contributed by atoms with Crippen molar-refractivity contribution in [3.8, 4) is 11.5 Å². The van der Waals surface area contributed by atoms with Gasteiger partial charge in [-0.2, -0.15) is 0 Å². The van der Waals surface area contributed by atoms with E-state index in [0.29, 0.717) is 18.4 Å². The summed E-state index contributed by atoms with van der Waals surface area (Å²) in [5, 5.41) is 39.8. The zero-order valence-corrected chi connectivity index (χ0v) is 19.6. The second kappa shape index (κ2) is 16.3.